The molecule has 0 unspecified atom stereocenters. The third-order valence-electron chi connectivity index (χ3n) is 3.68. The Labute approximate surface area is 143 Å². The van der Waals surface area contributed by atoms with Crippen LogP contribution in [0.5, 0.6) is 5.75 Å². The van der Waals surface area contributed by atoms with Crippen molar-refractivity contribution in [2.75, 3.05) is 20.2 Å². The van der Waals surface area contributed by atoms with E-state index in [0.717, 1.165) is 29.1 Å². The molecular weight excluding hydrogens is 300 g/mol. The third-order valence-corrected chi connectivity index (χ3v) is 3.68. The zero-order chi connectivity index (χ0) is 17.4. The van der Waals surface area contributed by atoms with Gasteiger partial charge in [-0.2, -0.15) is 0 Å². The summed E-state index contributed by atoms with van der Waals surface area (Å²) in [4.78, 5) is 17.2. The van der Waals surface area contributed by atoms with Crippen LogP contribution in [0.2, 0.25) is 0 Å². The molecule has 4 heteroatoms. The van der Waals surface area contributed by atoms with Gasteiger partial charge < -0.3 is 9.64 Å². The van der Waals surface area contributed by atoms with E-state index in [1.54, 1.807) is 18.9 Å². The first-order valence-corrected chi connectivity index (χ1v) is 8.11. The van der Waals surface area contributed by atoms with Crippen LogP contribution >= 0.6 is 0 Å². The van der Waals surface area contributed by atoms with Crippen molar-refractivity contribution in [3.63, 3.8) is 0 Å². The van der Waals surface area contributed by atoms with Gasteiger partial charge >= 0.3 is 0 Å². The normalized spacial score (nSPS) is 10.8. The van der Waals surface area contributed by atoms with Crippen molar-refractivity contribution in [1.29, 1.82) is 0 Å². The lowest BCUT2D eigenvalue weighted by Gasteiger charge is -2.14. The maximum absolute atomic E-state index is 11.1. The number of pyridine rings is 1. The van der Waals surface area contributed by atoms with Gasteiger partial charge in [0, 0.05) is 26.2 Å². The SMILES string of the molecule is CC(=O)N(C)CCCOc1ccc(C=Cc2cccc(C)n2)cc1. The summed E-state index contributed by atoms with van der Waals surface area (Å²) in [6.45, 7) is 4.86. The van der Waals surface area contributed by atoms with E-state index in [-0.39, 0.29) is 5.91 Å². The van der Waals surface area contributed by atoms with E-state index in [1.165, 1.54) is 0 Å². The summed E-state index contributed by atoms with van der Waals surface area (Å²) >= 11 is 0. The van der Waals surface area contributed by atoms with Crippen LogP contribution in [0.1, 0.15) is 30.3 Å². The zero-order valence-electron chi connectivity index (χ0n) is 14.5. The van der Waals surface area contributed by atoms with E-state index in [9.17, 15) is 4.79 Å². The minimum absolute atomic E-state index is 0.0780. The number of hydrogen-bond acceptors (Lipinski definition) is 3. The van der Waals surface area contributed by atoms with Gasteiger partial charge in [0.25, 0.3) is 0 Å². The van der Waals surface area contributed by atoms with Gasteiger partial charge in [0.1, 0.15) is 5.75 Å². The molecule has 24 heavy (non-hydrogen) atoms. The van der Waals surface area contributed by atoms with E-state index < -0.39 is 0 Å². The standard InChI is InChI=1S/C20H24N2O2/c1-16-6-4-7-19(21-16)11-8-18-9-12-20(13-10-18)24-15-5-14-22(3)17(2)23/h4,6-13H,5,14-15H2,1-3H3. The fraction of sp³-hybridized carbons (Fsp3) is 0.300. The summed E-state index contributed by atoms with van der Waals surface area (Å²) in [7, 11) is 1.80. The maximum Gasteiger partial charge on any atom is 0.219 e. The maximum atomic E-state index is 11.1. The van der Waals surface area contributed by atoms with Gasteiger partial charge in [0.2, 0.25) is 5.91 Å². The Morgan fingerprint density at radius 2 is 1.92 bits per heavy atom. The second kappa shape index (κ2) is 8.87. The summed E-state index contributed by atoms with van der Waals surface area (Å²) in [5.74, 6) is 0.917. The Morgan fingerprint density at radius 3 is 2.58 bits per heavy atom. The number of aromatic nitrogens is 1. The van der Waals surface area contributed by atoms with Crippen LogP contribution in [0, 0.1) is 6.92 Å². The molecule has 0 spiro atoms. The second-order valence-electron chi connectivity index (χ2n) is 5.75. The molecule has 126 valence electrons. The first-order valence-electron chi connectivity index (χ1n) is 8.11. The fourth-order valence-electron chi connectivity index (χ4n) is 2.16. The van der Waals surface area contributed by atoms with E-state index in [2.05, 4.69) is 4.98 Å². The van der Waals surface area contributed by atoms with Gasteiger partial charge in [-0.3, -0.25) is 9.78 Å². The van der Waals surface area contributed by atoms with Gasteiger partial charge in [-0.15, -0.1) is 0 Å². The summed E-state index contributed by atoms with van der Waals surface area (Å²) < 4.78 is 5.70. The number of nitrogens with zero attached hydrogens (tertiary/aromatic N) is 2. The minimum atomic E-state index is 0.0780. The number of ether oxygens (including phenoxy) is 1. The number of aryl methyl sites for hydroxylation is 1. The van der Waals surface area contributed by atoms with Gasteiger partial charge in [0.05, 0.1) is 12.3 Å². The van der Waals surface area contributed by atoms with Crippen LogP contribution in [0.4, 0.5) is 0 Å². The van der Waals surface area contributed by atoms with Gasteiger partial charge in [-0.1, -0.05) is 24.3 Å². The predicted molar refractivity (Wildman–Crippen MR) is 97.8 cm³/mol. The smallest absolute Gasteiger partial charge is 0.219 e. The molecule has 0 radical (unpaired) electrons. The van der Waals surface area contributed by atoms with Crippen molar-refractivity contribution in [2.24, 2.45) is 0 Å². The van der Waals surface area contributed by atoms with Gasteiger partial charge in [0.15, 0.2) is 0 Å². The van der Waals surface area contributed by atoms with Crippen molar-refractivity contribution >= 4 is 18.1 Å². The topological polar surface area (TPSA) is 42.4 Å². The summed E-state index contributed by atoms with van der Waals surface area (Å²) in [6, 6.07) is 13.9. The lowest BCUT2D eigenvalue weighted by Crippen LogP contribution is -2.25. The molecule has 0 aliphatic heterocycles. The highest BCUT2D eigenvalue weighted by atomic mass is 16.5. The van der Waals surface area contributed by atoms with Crippen molar-refractivity contribution in [1.82, 2.24) is 9.88 Å². The first-order chi connectivity index (χ1) is 11.5. The Morgan fingerprint density at radius 1 is 1.17 bits per heavy atom. The lowest BCUT2D eigenvalue weighted by atomic mass is 10.2. The number of rotatable bonds is 7. The summed E-state index contributed by atoms with van der Waals surface area (Å²) in [6.07, 6.45) is 4.85. The number of hydrogen-bond donors (Lipinski definition) is 0. The van der Waals surface area contributed by atoms with Crippen LogP contribution in [0.15, 0.2) is 42.5 Å². The molecule has 0 saturated heterocycles. The van der Waals surface area contributed by atoms with E-state index >= 15 is 0 Å². The van der Waals surface area contributed by atoms with Crippen LogP contribution < -0.4 is 4.74 Å². The Kier molecular flexibility index (Phi) is 6.55. The van der Waals surface area contributed by atoms with E-state index in [0.29, 0.717) is 13.2 Å². The number of carbonyl (C=O) groups is 1. The highest BCUT2D eigenvalue weighted by Gasteiger charge is 2.01. The van der Waals surface area contributed by atoms with E-state index in [4.69, 9.17) is 4.74 Å². The molecule has 0 saturated carbocycles. The van der Waals surface area contributed by atoms with Crippen molar-refractivity contribution in [3.8, 4) is 5.75 Å². The molecule has 1 aromatic carbocycles. The van der Waals surface area contributed by atoms with E-state index in [1.807, 2.05) is 61.5 Å². The third kappa shape index (κ3) is 5.88. The zero-order valence-corrected chi connectivity index (χ0v) is 14.5. The molecular formula is C20H24N2O2. The predicted octanol–water partition coefficient (Wildman–Crippen LogP) is 3.81. The fourth-order valence-corrected chi connectivity index (χ4v) is 2.16. The molecule has 1 heterocycles. The van der Waals surface area contributed by atoms with Crippen LogP contribution in [-0.2, 0) is 4.79 Å². The lowest BCUT2D eigenvalue weighted by molar-refractivity contribution is -0.127. The monoisotopic (exact) mass is 324 g/mol. The molecule has 2 aromatic rings. The summed E-state index contributed by atoms with van der Waals surface area (Å²) in [5.41, 5.74) is 3.06. The van der Waals surface area contributed by atoms with Crippen molar-refractivity contribution < 1.29 is 9.53 Å². The molecule has 2 rings (SSSR count). The average Bonchev–Trinajstić information content (AvgIpc) is 2.57. The quantitative estimate of drug-likeness (QED) is 0.727. The number of benzene rings is 1. The molecule has 1 aromatic heterocycles. The molecule has 0 aliphatic carbocycles. The second-order valence-corrected chi connectivity index (χ2v) is 5.75. The average molecular weight is 324 g/mol. The largest absolute Gasteiger partial charge is 0.494 e. The van der Waals surface area contributed by atoms with Crippen molar-refractivity contribution in [3.05, 3.63) is 59.4 Å². The van der Waals surface area contributed by atoms with Gasteiger partial charge in [-0.25, -0.2) is 0 Å². The highest BCUT2D eigenvalue weighted by molar-refractivity contribution is 5.72. The Hall–Kier alpha value is -2.62. The molecule has 4 nitrogen and oxygen atoms in total. The molecule has 0 atom stereocenters. The number of amides is 1. The molecule has 0 aliphatic rings. The molecule has 1 amide bonds. The van der Waals surface area contributed by atoms with Crippen LogP contribution in [0.25, 0.3) is 12.2 Å². The van der Waals surface area contributed by atoms with Crippen molar-refractivity contribution in [2.45, 2.75) is 20.3 Å². The Balaban J connectivity index is 1.81. The highest BCUT2D eigenvalue weighted by Crippen LogP contribution is 2.14. The molecule has 0 N–H and O–H groups in total. The van der Waals surface area contributed by atoms with Crippen LogP contribution in [0.3, 0.4) is 0 Å². The summed E-state index contributed by atoms with van der Waals surface area (Å²) in [5, 5.41) is 0. The minimum Gasteiger partial charge on any atom is -0.494 e. The van der Waals surface area contributed by atoms with Crippen LogP contribution in [-0.4, -0.2) is 36.0 Å². The first kappa shape index (κ1) is 17.7. The molecule has 0 bridgehead atoms. The Bertz CT molecular complexity index is 693. The number of carbonyl (C=O) groups excluding carboxylic acids is 1. The van der Waals surface area contributed by atoms with Gasteiger partial charge in [-0.05, 0) is 49.2 Å². The molecule has 0 fully saturated rings.